The number of para-hydroxylation sites is 4. The largest absolute Gasteiger partial charge is 0.309 e. The lowest BCUT2D eigenvalue weighted by atomic mass is 10.1. The lowest BCUT2D eigenvalue weighted by molar-refractivity contribution is 1.02. The predicted octanol–water partition coefficient (Wildman–Crippen LogP) is 6.89. The van der Waals surface area contributed by atoms with Crippen LogP contribution in [0, 0.1) is 0 Å². The Kier molecular flexibility index (Phi) is 4.03. The molecule has 0 N–H and O–H groups in total. The van der Waals surface area contributed by atoms with Gasteiger partial charge in [0.05, 0.1) is 33.0 Å². The van der Waals surface area contributed by atoms with Gasteiger partial charge in [0.25, 0.3) is 5.56 Å². The van der Waals surface area contributed by atoms with Gasteiger partial charge in [-0.05, 0) is 54.6 Å². The first-order valence-corrected chi connectivity index (χ1v) is 12.3. The smallest absolute Gasteiger partial charge is 0.267 e. The minimum Gasteiger partial charge on any atom is -0.309 e. The van der Waals surface area contributed by atoms with Crippen molar-refractivity contribution in [3.63, 3.8) is 0 Å². The summed E-state index contributed by atoms with van der Waals surface area (Å²) in [5.74, 6) is 0.605. The third kappa shape index (κ3) is 2.74. The summed E-state index contributed by atoms with van der Waals surface area (Å²) >= 11 is 0. The monoisotopic (exact) mass is 476 g/mol. The van der Waals surface area contributed by atoms with E-state index in [0.717, 1.165) is 49.7 Å². The average molecular weight is 477 g/mol. The molecule has 0 saturated carbocycles. The van der Waals surface area contributed by atoms with Crippen molar-refractivity contribution in [2.75, 3.05) is 0 Å². The molecule has 0 spiro atoms. The zero-order chi connectivity index (χ0) is 24.5. The quantitative estimate of drug-likeness (QED) is 0.273. The van der Waals surface area contributed by atoms with Gasteiger partial charge in [-0.2, -0.15) is 0 Å². The fraction of sp³-hybridized carbons (Fsp3) is 0. The highest BCUT2D eigenvalue weighted by Gasteiger charge is 2.19. The van der Waals surface area contributed by atoms with E-state index in [9.17, 15) is 4.79 Å². The van der Waals surface area contributed by atoms with E-state index in [-0.39, 0.29) is 5.56 Å². The molecule has 0 bridgehead atoms. The SMILES string of the molecule is O=c1c2ccccc2n(-c2ccccc2)c2nc3cc4c(cc3n12)c1ccccc1n4-c1ccccc1. The molecule has 0 atom stereocenters. The van der Waals surface area contributed by atoms with Gasteiger partial charge in [-0.1, -0.05) is 66.7 Å². The highest BCUT2D eigenvalue weighted by molar-refractivity contribution is 6.13. The summed E-state index contributed by atoms with van der Waals surface area (Å²) in [4.78, 5) is 18.9. The average Bonchev–Trinajstić information content (AvgIpc) is 3.48. The maximum absolute atomic E-state index is 13.9. The summed E-state index contributed by atoms with van der Waals surface area (Å²) in [6.07, 6.45) is 0. The van der Waals surface area contributed by atoms with Crippen molar-refractivity contribution >= 4 is 49.5 Å². The second kappa shape index (κ2) is 7.42. The molecule has 5 aromatic carbocycles. The van der Waals surface area contributed by atoms with Crippen LogP contribution in [0.3, 0.4) is 0 Å². The van der Waals surface area contributed by atoms with E-state index in [1.54, 1.807) is 4.40 Å². The maximum atomic E-state index is 13.9. The Labute approximate surface area is 211 Å². The van der Waals surface area contributed by atoms with Gasteiger partial charge < -0.3 is 4.57 Å². The fourth-order valence-electron chi connectivity index (χ4n) is 5.64. The molecule has 37 heavy (non-hydrogen) atoms. The molecule has 8 aromatic rings. The highest BCUT2D eigenvalue weighted by Crippen LogP contribution is 2.35. The Morgan fingerprint density at radius 3 is 1.76 bits per heavy atom. The van der Waals surface area contributed by atoms with Crippen LogP contribution in [0.1, 0.15) is 0 Å². The summed E-state index contributed by atoms with van der Waals surface area (Å²) in [6.45, 7) is 0. The van der Waals surface area contributed by atoms with Crippen molar-refractivity contribution < 1.29 is 0 Å². The van der Waals surface area contributed by atoms with E-state index in [4.69, 9.17) is 4.98 Å². The molecule has 8 rings (SSSR count). The molecule has 0 aliphatic heterocycles. The number of rotatable bonds is 2. The Morgan fingerprint density at radius 2 is 1.05 bits per heavy atom. The molecule has 5 heteroatoms. The van der Waals surface area contributed by atoms with E-state index in [1.807, 2.05) is 60.7 Å². The topological polar surface area (TPSA) is 44.2 Å². The molecule has 0 aliphatic rings. The van der Waals surface area contributed by atoms with E-state index < -0.39 is 0 Å². The standard InChI is InChI=1S/C32H20N4O/c37-31-24-16-8-10-18-28(24)35(22-13-5-2-6-14-22)32-33-26-20-29-25(19-30(26)36(31)32)23-15-7-9-17-27(23)34(29)21-11-3-1-4-12-21/h1-20H. The van der Waals surface area contributed by atoms with Gasteiger partial charge in [0.1, 0.15) is 0 Å². The van der Waals surface area contributed by atoms with Crippen LogP contribution < -0.4 is 5.56 Å². The minimum absolute atomic E-state index is 0.0635. The van der Waals surface area contributed by atoms with Crippen LogP contribution in [-0.2, 0) is 0 Å². The number of fused-ring (bicyclic) bond motifs is 7. The number of imidazole rings is 1. The van der Waals surface area contributed by atoms with Crippen LogP contribution in [-0.4, -0.2) is 18.5 Å². The molecule has 0 unspecified atom stereocenters. The zero-order valence-corrected chi connectivity index (χ0v) is 19.7. The second-order valence-corrected chi connectivity index (χ2v) is 9.29. The van der Waals surface area contributed by atoms with Crippen molar-refractivity contribution in [3.8, 4) is 11.4 Å². The van der Waals surface area contributed by atoms with Gasteiger partial charge in [0, 0.05) is 22.1 Å². The first-order chi connectivity index (χ1) is 18.3. The molecule has 0 amide bonds. The number of hydrogen-bond acceptors (Lipinski definition) is 2. The fourth-order valence-corrected chi connectivity index (χ4v) is 5.64. The van der Waals surface area contributed by atoms with Crippen LogP contribution >= 0.6 is 0 Å². The van der Waals surface area contributed by atoms with Crippen molar-refractivity contribution in [1.29, 1.82) is 0 Å². The summed E-state index contributed by atoms with van der Waals surface area (Å²) in [7, 11) is 0. The van der Waals surface area contributed by atoms with Gasteiger partial charge in [-0.25, -0.2) is 9.38 Å². The molecule has 5 nitrogen and oxygen atoms in total. The molecular weight excluding hydrogens is 456 g/mol. The number of benzene rings is 5. The number of hydrogen-bond donors (Lipinski definition) is 0. The summed E-state index contributed by atoms with van der Waals surface area (Å²) in [5, 5.41) is 2.89. The Morgan fingerprint density at radius 1 is 0.486 bits per heavy atom. The molecule has 3 aromatic heterocycles. The lowest BCUT2D eigenvalue weighted by Gasteiger charge is -2.12. The molecular formula is C32H20N4O. The first-order valence-electron chi connectivity index (χ1n) is 12.3. The van der Waals surface area contributed by atoms with E-state index in [0.29, 0.717) is 11.2 Å². The van der Waals surface area contributed by atoms with Gasteiger partial charge in [0.15, 0.2) is 0 Å². The van der Waals surface area contributed by atoms with E-state index >= 15 is 0 Å². The summed E-state index contributed by atoms with van der Waals surface area (Å²) in [6, 6.07) is 40.9. The van der Waals surface area contributed by atoms with Crippen LogP contribution in [0.2, 0.25) is 0 Å². The molecule has 0 saturated heterocycles. The van der Waals surface area contributed by atoms with Crippen molar-refractivity contribution in [1.82, 2.24) is 18.5 Å². The number of aromatic nitrogens is 4. The molecule has 174 valence electrons. The van der Waals surface area contributed by atoms with Crippen LogP contribution in [0.5, 0.6) is 0 Å². The first kappa shape index (κ1) is 20.1. The normalized spacial score (nSPS) is 11.9. The van der Waals surface area contributed by atoms with Crippen LogP contribution in [0.4, 0.5) is 0 Å². The van der Waals surface area contributed by atoms with Crippen LogP contribution in [0.15, 0.2) is 126 Å². The van der Waals surface area contributed by atoms with Crippen molar-refractivity contribution in [3.05, 3.63) is 132 Å². The summed E-state index contributed by atoms with van der Waals surface area (Å²) < 4.78 is 6.11. The second-order valence-electron chi connectivity index (χ2n) is 9.29. The minimum atomic E-state index is -0.0635. The summed E-state index contributed by atoms with van der Waals surface area (Å²) in [5.41, 5.74) is 6.60. The van der Waals surface area contributed by atoms with Crippen molar-refractivity contribution in [2.45, 2.75) is 0 Å². The van der Waals surface area contributed by atoms with Gasteiger partial charge >= 0.3 is 0 Å². The third-order valence-electron chi connectivity index (χ3n) is 7.24. The Bertz CT molecular complexity index is 2200. The highest BCUT2D eigenvalue weighted by atomic mass is 16.1. The maximum Gasteiger partial charge on any atom is 0.267 e. The molecule has 0 radical (unpaired) electrons. The predicted molar refractivity (Wildman–Crippen MR) is 150 cm³/mol. The molecule has 3 heterocycles. The van der Waals surface area contributed by atoms with Gasteiger partial charge in [-0.3, -0.25) is 9.36 Å². The lowest BCUT2D eigenvalue weighted by Crippen LogP contribution is -2.18. The Balaban J connectivity index is 1.59. The van der Waals surface area contributed by atoms with Gasteiger partial charge in [-0.15, -0.1) is 0 Å². The van der Waals surface area contributed by atoms with Crippen LogP contribution in [0.25, 0.3) is 60.9 Å². The third-order valence-corrected chi connectivity index (χ3v) is 7.24. The molecule has 0 fully saturated rings. The number of nitrogens with zero attached hydrogens (tertiary/aromatic N) is 4. The zero-order valence-electron chi connectivity index (χ0n) is 19.7. The van der Waals surface area contributed by atoms with E-state index in [2.05, 4.69) is 69.8 Å². The van der Waals surface area contributed by atoms with E-state index in [1.165, 1.54) is 0 Å². The molecule has 0 aliphatic carbocycles. The Hall–Kier alpha value is -5.16. The van der Waals surface area contributed by atoms with Crippen molar-refractivity contribution in [2.24, 2.45) is 0 Å². The van der Waals surface area contributed by atoms with Gasteiger partial charge in [0.2, 0.25) is 5.78 Å².